The summed E-state index contributed by atoms with van der Waals surface area (Å²) in [7, 11) is 0. The van der Waals surface area contributed by atoms with E-state index < -0.39 is 6.04 Å². The molecule has 2 N–H and O–H groups in total. The third kappa shape index (κ3) is 6.03. The molecule has 0 radical (unpaired) electrons. The molecule has 0 bridgehead atoms. The minimum absolute atomic E-state index is 0.105. The van der Waals surface area contributed by atoms with E-state index in [0.717, 1.165) is 26.2 Å². The molecule has 2 aliphatic heterocycles. The fourth-order valence-corrected chi connectivity index (χ4v) is 4.45. The van der Waals surface area contributed by atoms with Gasteiger partial charge in [0.25, 0.3) is 0 Å². The number of carbonyl (C=O) groups is 3. The van der Waals surface area contributed by atoms with Crippen molar-refractivity contribution >= 4 is 40.7 Å². The van der Waals surface area contributed by atoms with Crippen LogP contribution in [0.15, 0.2) is 54.6 Å². The highest BCUT2D eigenvalue weighted by molar-refractivity contribution is 6.30. The van der Waals surface area contributed by atoms with Gasteiger partial charge in [0.2, 0.25) is 17.7 Å². The van der Waals surface area contributed by atoms with Gasteiger partial charge in [-0.1, -0.05) is 35.9 Å². The van der Waals surface area contributed by atoms with Crippen LogP contribution in [-0.2, 0) is 14.4 Å². The minimum atomic E-state index is -0.823. The second-order valence-electron chi connectivity index (χ2n) is 8.26. The Balaban J connectivity index is 1.32. The van der Waals surface area contributed by atoms with E-state index >= 15 is 0 Å². The summed E-state index contributed by atoms with van der Waals surface area (Å²) in [6.45, 7) is 4.22. The van der Waals surface area contributed by atoms with Crippen molar-refractivity contribution < 1.29 is 14.4 Å². The Labute approximate surface area is 198 Å². The van der Waals surface area contributed by atoms with Gasteiger partial charge in [-0.05, 0) is 30.3 Å². The van der Waals surface area contributed by atoms with Crippen molar-refractivity contribution in [3.8, 4) is 0 Å². The number of amides is 3. The lowest BCUT2D eigenvalue weighted by Gasteiger charge is -2.39. The predicted molar refractivity (Wildman–Crippen MR) is 128 cm³/mol. The van der Waals surface area contributed by atoms with E-state index in [1.165, 1.54) is 5.69 Å². The van der Waals surface area contributed by atoms with Gasteiger partial charge in [0.15, 0.2) is 0 Å². The molecule has 0 saturated carbocycles. The molecule has 2 saturated heterocycles. The monoisotopic (exact) mass is 469 g/mol. The van der Waals surface area contributed by atoms with Gasteiger partial charge in [0.05, 0.1) is 13.0 Å². The average molecular weight is 470 g/mol. The van der Waals surface area contributed by atoms with Crippen molar-refractivity contribution in [2.45, 2.75) is 12.5 Å². The number of benzene rings is 2. The number of rotatable bonds is 6. The Morgan fingerprint density at radius 1 is 1.00 bits per heavy atom. The van der Waals surface area contributed by atoms with Crippen LogP contribution >= 0.6 is 11.6 Å². The number of nitrogens with zero attached hydrogens (tertiary/aromatic N) is 3. The first kappa shape index (κ1) is 23.1. The third-order valence-corrected chi connectivity index (χ3v) is 6.23. The van der Waals surface area contributed by atoms with Crippen LogP contribution in [0.4, 0.5) is 11.4 Å². The first-order valence-electron chi connectivity index (χ1n) is 11.1. The second-order valence-corrected chi connectivity index (χ2v) is 8.69. The molecule has 4 rings (SSSR count). The lowest BCUT2D eigenvalue weighted by molar-refractivity contribution is -0.145. The van der Waals surface area contributed by atoms with Crippen LogP contribution in [0.1, 0.15) is 6.42 Å². The Morgan fingerprint density at radius 3 is 2.48 bits per heavy atom. The Morgan fingerprint density at radius 2 is 1.76 bits per heavy atom. The van der Waals surface area contributed by atoms with Crippen molar-refractivity contribution in [1.29, 1.82) is 0 Å². The molecule has 2 heterocycles. The molecule has 2 aromatic rings. The summed E-state index contributed by atoms with van der Waals surface area (Å²) in [5.74, 6) is -0.767. The van der Waals surface area contributed by atoms with Gasteiger partial charge in [0.1, 0.15) is 6.04 Å². The van der Waals surface area contributed by atoms with E-state index in [1.807, 2.05) is 18.2 Å². The quantitative estimate of drug-likeness (QED) is 0.674. The summed E-state index contributed by atoms with van der Waals surface area (Å²) in [4.78, 5) is 44.1. The summed E-state index contributed by atoms with van der Waals surface area (Å²) in [5.41, 5.74) is 1.74. The molecule has 2 aromatic carbocycles. The minimum Gasteiger partial charge on any atom is -0.369 e. The molecule has 8 nitrogen and oxygen atoms in total. The molecule has 33 heavy (non-hydrogen) atoms. The van der Waals surface area contributed by atoms with Gasteiger partial charge in [-0.2, -0.15) is 0 Å². The maximum atomic E-state index is 13.1. The van der Waals surface area contributed by atoms with Gasteiger partial charge in [-0.15, -0.1) is 0 Å². The second kappa shape index (κ2) is 10.7. The van der Waals surface area contributed by atoms with Gasteiger partial charge in [-0.25, -0.2) is 0 Å². The Hall–Kier alpha value is -3.10. The molecule has 174 valence electrons. The number of nitrogens with one attached hydrogen (secondary N) is 2. The van der Waals surface area contributed by atoms with E-state index in [4.69, 9.17) is 11.6 Å². The molecule has 1 atom stereocenters. The molecule has 0 unspecified atom stereocenters. The van der Waals surface area contributed by atoms with E-state index in [2.05, 4.69) is 32.6 Å². The normalized spacial score (nSPS) is 19.2. The van der Waals surface area contributed by atoms with Crippen molar-refractivity contribution in [3.63, 3.8) is 0 Å². The average Bonchev–Trinajstić information content (AvgIpc) is 2.81. The smallest absolute Gasteiger partial charge is 0.243 e. The first-order chi connectivity index (χ1) is 16.0. The highest BCUT2D eigenvalue weighted by Crippen LogP contribution is 2.18. The number of anilines is 2. The van der Waals surface area contributed by atoms with Crippen LogP contribution in [-0.4, -0.2) is 79.4 Å². The molecule has 2 fully saturated rings. The number of piperazine rings is 2. The van der Waals surface area contributed by atoms with Crippen LogP contribution in [0.2, 0.25) is 5.02 Å². The van der Waals surface area contributed by atoms with E-state index in [-0.39, 0.29) is 30.7 Å². The standard InChI is InChI=1S/C24H28ClN5O3/c25-18-5-4-6-19(15-18)27-22(31)16-21-24(33)26-9-10-30(21)23(32)17-28-11-13-29(14-12-28)20-7-2-1-3-8-20/h1-8,15,21H,9-14,16-17H2,(H,26,33)(H,27,31)/t21-/m0/s1. The van der Waals surface area contributed by atoms with E-state index in [1.54, 1.807) is 29.2 Å². The van der Waals surface area contributed by atoms with Crippen molar-refractivity contribution in [2.75, 3.05) is 56.0 Å². The number of hydrogen-bond acceptors (Lipinski definition) is 5. The summed E-state index contributed by atoms with van der Waals surface area (Å²) in [6.07, 6.45) is -0.105. The lowest BCUT2D eigenvalue weighted by atomic mass is 10.1. The molecule has 0 aliphatic carbocycles. The first-order valence-corrected chi connectivity index (χ1v) is 11.5. The molecule has 3 amide bonds. The van der Waals surface area contributed by atoms with E-state index in [9.17, 15) is 14.4 Å². The SMILES string of the molecule is O=C(C[C@H]1C(=O)NCCN1C(=O)CN1CCN(c2ccccc2)CC1)Nc1cccc(Cl)c1. The number of carbonyl (C=O) groups excluding carboxylic acids is 3. The molecule has 0 spiro atoms. The maximum absolute atomic E-state index is 13.1. The summed E-state index contributed by atoms with van der Waals surface area (Å²) in [6, 6.07) is 16.2. The van der Waals surface area contributed by atoms with Crippen molar-refractivity contribution in [3.05, 3.63) is 59.6 Å². The molecule has 9 heteroatoms. The van der Waals surface area contributed by atoms with Gasteiger partial charge in [-0.3, -0.25) is 19.3 Å². The molecular weight excluding hydrogens is 442 g/mol. The molecule has 0 aromatic heterocycles. The summed E-state index contributed by atoms with van der Waals surface area (Å²) < 4.78 is 0. The van der Waals surface area contributed by atoms with Crippen LogP contribution in [0.25, 0.3) is 0 Å². The fourth-order valence-electron chi connectivity index (χ4n) is 4.26. The summed E-state index contributed by atoms with van der Waals surface area (Å²) in [5, 5.41) is 6.03. The Bertz CT molecular complexity index is 995. The predicted octanol–water partition coefficient (Wildman–Crippen LogP) is 1.82. The fraction of sp³-hybridized carbons (Fsp3) is 0.375. The van der Waals surface area contributed by atoms with Crippen LogP contribution in [0.3, 0.4) is 0 Å². The van der Waals surface area contributed by atoms with Gasteiger partial charge in [0, 0.05) is 55.7 Å². The van der Waals surface area contributed by atoms with Crippen molar-refractivity contribution in [2.24, 2.45) is 0 Å². The maximum Gasteiger partial charge on any atom is 0.243 e. The number of hydrogen-bond donors (Lipinski definition) is 2. The highest BCUT2D eigenvalue weighted by atomic mass is 35.5. The Kier molecular flexibility index (Phi) is 7.47. The van der Waals surface area contributed by atoms with Gasteiger partial charge >= 0.3 is 0 Å². The number of para-hydroxylation sites is 1. The van der Waals surface area contributed by atoms with Crippen LogP contribution in [0, 0.1) is 0 Å². The zero-order valence-electron chi connectivity index (χ0n) is 18.4. The molecular formula is C24H28ClN5O3. The topological polar surface area (TPSA) is 85.0 Å². The zero-order chi connectivity index (χ0) is 23.2. The lowest BCUT2D eigenvalue weighted by Crippen LogP contribution is -2.60. The highest BCUT2D eigenvalue weighted by Gasteiger charge is 2.35. The zero-order valence-corrected chi connectivity index (χ0v) is 19.1. The van der Waals surface area contributed by atoms with Crippen LogP contribution in [0.5, 0.6) is 0 Å². The van der Waals surface area contributed by atoms with Crippen LogP contribution < -0.4 is 15.5 Å². The molecule has 2 aliphatic rings. The van der Waals surface area contributed by atoms with Gasteiger partial charge < -0.3 is 20.4 Å². The third-order valence-electron chi connectivity index (χ3n) is 5.99. The number of halogens is 1. The summed E-state index contributed by atoms with van der Waals surface area (Å²) >= 11 is 5.97. The van der Waals surface area contributed by atoms with E-state index in [0.29, 0.717) is 23.8 Å². The van der Waals surface area contributed by atoms with Crippen molar-refractivity contribution in [1.82, 2.24) is 15.1 Å². The largest absolute Gasteiger partial charge is 0.369 e.